The summed E-state index contributed by atoms with van der Waals surface area (Å²) < 4.78 is 5.22. The van der Waals surface area contributed by atoms with Crippen molar-refractivity contribution in [1.82, 2.24) is 10.6 Å². The summed E-state index contributed by atoms with van der Waals surface area (Å²) in [4.78, 5) is 11.8. The minimum Gasteiger partial charge on any atom is -0.467 e. The zero-order valence-corrected chi connectivity index (χ0v) is 11.3. The van der Waals surface area contributed by atoms with E-state index in [0.29, 0.717) is 12.3 Å². The number of carbonyl (C=O) groups excluding carboxylic acids is 1. The summed E-state index contributed by atoms with van der Waals surface area (Å²) in [7, 11) is 0. The molecule has 0 aliphatic rings. The Hall–Kier alpha value is -2.27. The maximum absolute atomic E-state index is 11.8. The van der Waals surface area contributed by atoms with Gasteiger partial charge in [0.1, 0.15) is 5.76 Å². The molecule has 5 heteroatoms. The molecule has 5 nitrogen and oxygen atoms in total. The Morgan fingerprint density at radius 3 is 2.65 bits per heavy atom. The van der Waals surface area contributed by atoms with E-state index in [0.717, 1.165) is 11.1 Å². The maximum Gasteiger partial charge on any atom is 0.315 e. The van der Waals surface area contributed by atoms with Gasteiger partial charge in [0.2, 0.25) is 0 Å². The standard InChI is InChI=1S/C15H18N2O3/c1-11(14-7-4-8-20-14)17-15(19)16-9-12-5-2-3-6-13(12)10-18/h2-8,11,18H,9-10H2,1H3,(H2,16,17,19). The lowest BCUT2D eigenvalue weighted by atomic mass is 10.1. The van der Waals surface area contributed by atoms with Gasteiger partial charge in [-0.1, -0.05) is 24.3 Å². The second kappa shape index (κ2) is 6.77. The molecule has 1 aromatic carbocycles. The molecule has 1 heterocycles. The van der Waals surface area contributed by atoms with Gasteiger partial charge in [-0.2, -0.15) is 0 Å². The Balaban J connectivity index is 1.86. The van der Waals surface area contributed by atoms with Crippen molar-refractivity contribution in [3.05, 3.63) is 59.5 Å². The number of rotatable bonds is 5. The van der Waals surface area contributed by atoms with Crippen molar-refractivity contribution in [2.45, 2.75) is 26.1 Å². The summed E-state index contributed by atoms with van der Waals surface area (Å²) in [6.07, 6.45) is 1.57. The molecule has 20 heavy (non-hydrogen) atoms. The van der Waals surface area contributed by atoms with Crippen LogP contribution in [0.4, 0.5) is 4.79 Å². The van der Waals surface area contributed by atoms with Crippen molar-refractivity contribution in [2.24, 2.45) is 0 Å². The van der Waals surface area contributed by atoms with Gasteiger partial charge in [-0.05, 0) is 30.2 Å². The molecular formula is C15H18N2O3. The predicted molar refractivity (Wildman–Crippen MR) is 74.9 cm³/mol. The van der Waals surface area contributed by atoms with Crippen molar-refractivity contribution in [3.8, 4) is 0 Å². The summed E-state index contributed by atoms with van der Waals surface area (Å²) in [5, 5.41) is 14.8. The first-order valence-electron chi connectivity index (χ1n) is 6.46. The Bertz CT molecular complexity index is 552. The number of hydrogen-bond donors (Lipinski definition) is 3. The van der Waals surface area contributed by atoms with E-state index in [1.54, 1.807) is 12.3 Å². The first-order valence-corrected chi connectivity index (χ1v) is 6.46. The van der Waals surface area contributed by atoms with Gasteiger partial charge in [-0.15, -0.1) is 0 Å². The second-order valence-electron chi connectivity index (χ2n) is 4.49. The molecule has 0 saturated carbocycles. The number of amides is 2. The van der Waals surface area contributed by atoms with E-state index >= 15 is 0 Å². The van der Waals surface area contributed by atoms with Gasteiger partial charge < -0.3 is 20.2 Å². The molecule has 2 amide bonds. The Morgan fingerprint density at radius 2 is 2.00 bits per heavy atom. The minimum absolute atomic E-state index is 0.0394. The van der Waals surface area contributed by atoms with Gasteiger partial charge in [-0.25, -0.2) is 4.79 Å². The van der Waals surface area contributed by atoms with Crippen LogP contribution in [-0.4, -0.2) is 11.1 Å². The highest BCUT2D eigenvalue weighted by Crippen LogP contribution is 2.12. The summed E-state index contributed by atoms with van der Waals surface area (Å²) in [6.45, 7) is 2.18. The van der Waals surface area contributed by atoms with E-state index in [9.17, 15) is 9.90 Å². The van der Waals surface area contributed by atoms with Crippen LogP contribution in [0.2, 0.25) is 0 Å². The van der Waals surface area contributed by atoms with E-state index in [1.807, 2.05) is 37.3 Å². The molecule has 0 saturated heterocycles. The van der Waals surface area contributed by atoms with Crippen LogP contribution in [0.1, 0.15) is 29.9 Å². The maximum atomic E-state index is 11.8. The Morgan fingerprint density at radius 1 is 1.25 bits per heavy atom. The Labute approximate surface area is 117 Å². The van der Waals surface area contributed by atoms with Crippen LogP contribution in [0.15, 0.2) is 47.1 Å². The molecule has 1 atom stereocenters. The van der Waals surface area contributed by atoms with E-state index in [-0.39, 0.29) is 18.7 Å². The largest absolute Gasteiger partial charge is 0.467 e. The van der Waals surface area contributed by atoms with Crippen molar-refractivity contribution in [3.63, 3.8) is 0 Å². The number of urea groups is 1. The number of aliphatic hydroxyl groups excluding tert-OH is 1. The molecule has 1 unspecified atom stereocenters. The van der Waals surface area contributed by atoms with Crippen molar-refractivity contribution >= 4 is 6.03 Å². The van der Waals surface area contributed by atoms with Crippen molar-refractivity contribution in [1.29, 1.82) is 0 Å². The molecular weight excluding hydrogens is 256 g/mol. The van der Waals surface area contributed by atoms with Crippen LogP contribution >= 0.6 is 0 Å². The highest BCUT2D eigenvalue weighted by atomic mass is 16.3. The van der Waals surface area contributed by atoms with Gasteiger partial charge in [0, 0.05) is 6.54 Å². The molecule has 0 radical (unpaired) electrons. The lowest BCUT2D eigenvalue weighted by molar-refractivity contribution is 0.235. The average Bonchev–Trinajstić information content (AvgIpc) is 2.99. The highest BCUT2D eigenvalue weighted by molar-refractivity contribution is 5.74. The molecule has 0 spiro atoms. The number of aliphatic hydroxyl groups is 1. The van der Waals surface area contributed by atoms with Crippen LogP contribution in [0, 0.1) is 0 Å². The Kier molecular flexibility index (Phi) is 4.79. The summed E-state index contributed by atoms with van der Waals surface area (Å²) in [5.41, 5.74) is 1.71. The predicted octanol–water partition coefficient (Wildman–Crippen LogP) is 2.33. The third kappa shape index (κ3) is 3.61. The lowest BCUT2D eigenvalue weighted by Gasteiger charge is -2.13. The SMILES string of the molecule is CC(NC(=O)NCc1ccccc1CO)c1ccco1. The fourth-order valence-electron chi connectivity index (χ4n) is 1.92. The summed E-state index contributed by atoms with van der Waals surface area (Å²) in [5.74, 6) is 0.705. The van der Waals surface area contributed by atoms with E-state index < -0.39 is 0 Å². The molecule has 0 aliphatic carbocycles. The van der Waals surface area contributed by atoms with Gasteiger partial charge in [0.15, 0.2) is 0 Å². The molecule has 0 fully saturated rings. The number of benzene rings is 1. The zero-order chi connectivity index (χ0) is 14.4. The van der Waals surface area contributed by atoms with Crippen molar-refractivity contribution < 1.29 is 14.3 Å². The molecule has 106 valence electrons. The first-order chi connectivity index (χ1) is 9.70. The van der Waals surface area contributed by atoms with Gasteiger partial charge in [0.25, 0.3) is 0 Å². The topological polar surface area (TPSA) is 74.5 Å². The number of carbonyl (C=O) groups is 1. The summed E-state index contributed by atoms with van der Waals surface area (Å²) >= 11 is 0. The second-order valence-corrected chi connectivity index (χ2v) is 4.49. The zero-order valence-electron chi connectivity index (χ0n) is 11.3. The molecule has 1 aromatic heterocycles. The third-order valence-corrected chi connectivity index (χ3v) is 3.05. The van der Waals surface area contributed by atoms with E-state index in [1.165, 1.54) is 0 Å². The number of furan rings is 1. The van der Waals surface area contributed by atoms with Crippen LogP contribution in [-0.2, 0) is 13.2 Å². The monoisotopic (exact) mass is 274 g/mol. The molecule has 0 bridgehead atoms. The van der Waals surface area contributed by atoms with Crippen LogP contribution in [0.25, 0.3) is 0 Å². The fourth-order valence-corrected chi connectivity index (χ4v) is 1.92. The quantitative estimate of drug-likeness (QED) is 0.783. The minimum atomic E-state index is -0.276. The van der Waals surface area contributed by atoms with Gasteiger partial charge in [0.05, 0.1) is 18.9 Å². The van der Waals surface area contributed by atoms with Crippen molar-refractivity contribution in [2.75, 3.05) is 0 Å². The highest BCUT2D eigenvalue weighted by Gasteiger charge is 2.11. The number of nitrogens with one attached hydrogen (secondary N) is 2. The third-order valence-electron chi connectivity index (χ3n) is 3.05. The lowest BCUT2D eigenvalue weighted by Crippen LogP contribution is -2.36. The molecule has 3 N–H and O–H groups in total. The average molecular weight is 274 g/mol. The van der Waals surface area contributed by atoms with E-state index in [4.69, 9.17) is 4.42 Å². The van der Waals surface area contributed by atoms with Crippen LogP contribution in [0.3, 0.4) is 0 Å². The molecule has 2 rings (SSSR count). The normalized spacial score (nSPS) is 11.9. The van der Waals surface area contributed by atoms with Gasteiger partial charge in [-0.3, -0.25) is 0 Å². The van der Waals surface area contributed by atoms with Gasteiger partial charge >= 0.3 is 6.03 Å². The fraction of sp³-hybridized carbons (Fsp3) is 0.267. The summed E-state index contributed by atoms with van der Waals surface area (Å²) in [6, 6.07) is 10.6. The molecule has 0 aliphatic heterocycles. The molecule has 2 aromatic rings. The number of hydrogen-bond acceptors (Lipinski definition) is 3. The van der Waals surface area contributed by atoms with E-state index in [2.05, 4.69) is 10.6 Å². The first kappa shape index (κ1) is 14.1. The van der Waals surface area contributed by atoms with Crippen LogP contribution < -0.4 is 10.6 Å². The van der Waals surface area contributed by atoms with Crippen LogP contribution in [0.5, 0.6) is 0 Å². The smallest absolute Gasteiger partial charge is 0.315 e.